The number of rotatable bonds is 19. The SMILES string of the molecule is C.Nc1ccn([C@H]2C[C@H](OP(=O)(O)OC[C@H]3O[C@@H](n4cnc5c(N)ncnc54)[C@H](O)[C@@H]3OC(=O)[C@@H](N)CCCCC(=O)OCc3ccccc3)[C@@H](COP(=O)(O)O)O2)c(=O)n1. The van der Waals surface area contributed by atoms with Gasteiger partial charge >= 0.3 is 33.3 Å². The molecular formula is C34H47N9O16P2. The van der Waals surface area contributed by atoms with E-state index < -0.39 is 95.5 Å². The summed E-state index contributed by atoms with van der Waals surface area (Å²) in [6, 6.07) is 9.18. The summed E-state index contributed by atoms with van der Waals surface area (Å²) in [5.41, 5.74) is 17.9. The lowest BCUT2D eigenvalue weighted by molar-refractivity contribution is -0.158. The molecule has 0 spiro atoms. The molecule has 10 N–H and O–H groups in total. The van der Waals surface area contributed by atoms with Crippen LogP contribution in [0.3, 0.4) is 0 Å². The third kappa shape index (κ3) is 12.4. The summed E-state index contributed by atoms with van der Waals surface area (Å²) in [4.78, 5) is 83.1. The number of fused-ring (bicyclic) bond motifs is 1. The van der Waals surface area contributed by atoms with Crippen molar-refractivity contribution in [3.8, 4) is 0 Å². The molecule has 2 aliphatic rings. The Balaban J connectivity index is 0.00000704. The molecule has 4 aromatic rings. The van der Waals surface area contributed by atoms with Gasteiger partial charge in [-0.3, -0.25) is 32.3 Å². The minimum absolute atomic E-state index is 0. The Hall–Kier alpha value is -4.75. The van der Waals surface area contributed by atoms with Gasteiger partial charge in [-0.25, -0.2) is 28.9 Å². The molecule has 25 nitrogen and oxygen atoms in total. The zero-order valence-electron chi connectivity index (χ0n) is 31.5. The van der Waals surface area contributed by atoms with E-state index in [1.54, 1.807) is 0 Å². The molecule has 1 unspecified atom stereocenters. The first-order valence-electron chi connectivity index (χ1n) is 18.3. The maximum absolute atomic E-state index is 13.4. The van der Waals surface area contributed by atoms with Gasteiger partial charge in [-0.1, -0.05) is 44.2 Å². The number of phosphoric acid groups is 2. The first kappa shape index (κ1) is 47.3. The maximum Gasteiger partial charge on any atom is 0.472 e. The topological polar surface area (TPSA) is 370 Å². The molecule has 0 amide bonds. The number of hydrogen-bond donors (Lipinski definition) is 7. The van der Waals surface area contributed by atoms with E-state index in [0.29, 0.717) is 12.8 Å². The Morgan fingerprint density at radius 3 is 2.43 bits per heavy atom. The average molecular weight is 900 g/mol. The van der Waals surface area contributed by atoms with E-state index in [9.17, 15) is 43.3 Å². The number of nitrogens with zero attached hydrogens (tertiary/aromatic N) is 6. The lowest BCUT2D eigenvalue weighted by Crippen LogP contribution is -2.43. The van der Waals surface area contributed by atoms with E-state index in [4.69, 9.17) is 45.2 Å². The number of hydrogen-bond acceptors (Lipinski definition) is 20. The highest BCUT2D eigenvalue weighted by atomic mass is 31.2. The lowest BCUT2D eigenvalue weighted by Gasteiger charge is -2.24. The molecule has 0 aliphatic carbocycles. The third-order valence-electron chi connectivity index (χ3n) is 9.33. The summed E-state index contributed by atoms with van der Waals surface area (Å²) in [5.74, 6) is -1.49. The van der Waals surface area contributed by atoms with Crippen LogP contribution in [-0.2, 0) is 57.8 Å². The molecule has 2 saturated heterocycles. The van der Waals surface area contributed by atoms with E-state index in [1.165, 1.54) is 23.2 Å². The summed E-state index contributed by atoms with van der Waals surface area (Å²) in [6.07, 6.45) is -6.09. The van der Waals surface area contributed by atoms with Crippen LogP contribution in [0, 0.1) is 0 Å². The van der Waals surface area contributed by atoms with Gasteiger partial charge in [-0.2, -0.15) is 4.98 Å². The summed E-state index contributed by atoms with van der Waals surface area (Å²) in [5, 5.41) is 11.5. The molecule has 0 radical (unpaired) electrons. The molecule has 27 heteroatoms. The van der Waals surface area contributed by atoms with Gasteiger partial charge < -0.3 is 55.9 Å². The molecule has 61 heavy (non-hydrogen) atoms. The van der Waals surface area contributed by atoms with Crippen molar-refractivity contribution >= 4 is 50.4 Å². The molecule has 9 atom stereocenters. The number of aliphatic hydroxyl groups excluding tert-OH is 1. The fourth-order valence-electron chi connectivity index (χ4n) is 6.39. The van der Waals surface area contributed by atoms with Crippen molar-refractivity contribution in [1.82, 2.24) is 29.1 Å². The predicted octanol–water partition coefficient (Wildman–Crippen LogP) is 0.584. The zero-order chi connectivity index (χ0) is 43.2. The number of anilines is 2. The van der Waals surface area contributed by atoms with Crippen LogP contribution >= 0.6 is 15.6 Å². The van der Waals surface area contributed by atoms with Gasteiger partial charge in [0.1, 0.15) is 61.0 Å². The van der Waals surface area contributed by atoms with Crippen LogP contribution in [0.15, 0.2) is 60.0 Å². The predicted molar refractivity (Wildman–Crippen MR) is 209 cm³/mol. The number of esters is 2. The quantitative estimate of drug-likeness (QED) is 0.0384. The zero-order valence-corrected chi connectivity index (χ0v) is 33.3. The number of ether oxygens (including phenoxy) is 4. The monoisotopic (exact) mass is 899 g/mol. The number of benzene rings is 1. The molecule has 1 aromatic carbocycles. The third-order valence-corrected chi connectivity index (χ3v) is 10.8. The standard InChI is InChI=1S/C33H43N9O16P2.CH4/c34-19(8-4-5-9-25(43)52-13-18-6-2-1-3-7-18)32(45)57-28-22(56-31(27(28)44)42-17-39-26-29(36)37-16-38-30(26)42)15-54-60(50,51)58-20-12-24(41-11-10-23(35)40-33(41)46)55-21(20)14-53-59(47,48)49;/h1-3,6-7,10-11,16-17,19-22,24,27-28,31,44H,4-5,8-9,12-15,34H2,(H,50,51)(H2,35,40,46)(H2,36,37,38)(H2,47,48,49);1H4/t19-,20-,21+,22+,24+,27+,28+,31+;/m0./s1. The number of imidazole rings is 1. The number of carbonyl (C=O) groups excluding carboxylic acids is 2. The maximum atomic E-state index is 13.4. The van der Waals surface area contributed by atoms with Crippen molar-refractivity contribution in [3.63, 3.8) is 0 Å². The second-order valence-corrected chi connectivity index (χ2v) is 16.3. The van der Waals surface area contributed by atoms with Crippen molar-refractivity contribution in [2.45, 2.75) is 95.2 Å². The van der Waals surface area contributed by atoms with Crippen LogP contribution in [-0.4, -0.2) is 111 Å². The Labute approximate surface area is 346 Å². The molecule has 0 saturated carbocycles. The fraction of sp³-hybridized carbons (Fsp3) is 0.500. The number of phosphoric ester groups is 2. The van der Waals surface area contributed by atoms with Crippen LogP contribution in [0.1, 0.15) is 57.6 Å². The lowest BCUT2D eigenvalue weighted by atomic mass is 10.1. The van der Waals surface area contributed by atoms with Crippen LogP contribution in [0.4, 0.5) is 11.6 Å². The fourth-order valence-corrected chi connectivity index (χ4v) is 7.69. The Kier molecular flexibility index (Phi) is 15.8. The van der Waals surface area contributed by atoms with Gasteiger partial charge in [-0.15, -0.1) is 0 Å². The van der Waals surface area contributed by atoms with Crippen molar-refractivity contribution in [1.29, 1.82) is 0 Å². The van der Waals surface area contributed by atoms with E-state index in [2.05, 4.69) is 24.5 Å². The van der Waals surface area contributed by atoms with Gasteiger partial charge in [0.2, 0.25) is 0 Å². The average Bonchev–Trinajstić information content (AvgIpc) is 3.89. The highest BCUT2D eigenvalue weighted by molar-refractivity contribution is 7.47. The minimum Gasteiger partial charge on any atom is -0.461 e. The summed E-state index contributed by atoms with van der Waals surface area (Å²) in [7, 11) is -10.2. The molecule has 5 heterocycles. The summed E-state index contributed by atoms with van der Waals surface area (Å²) >= 11 is 0. The summed E-state index contributed by atoms with van der Waals surface area (Å²) < 4.78 is 64.9. The van der Waals surface area contributed by atoms with Crippen molar-refractivity contribution < 1.29 is 71.0 Å². The molecule has 0 bridgehead atoms. The second kappa shape index (κ2) is 20.4. The van der Waals surface area contributed by atoms with Crippen molar-refractivity contribution in [2.24, 2.45) is 5.73 Å². The number of carbonyl (C=O) groups is 2. The summed E-state index contributed by atoms with van der Waals surface area (Å²) in [6.45, 7) is -1.58. The van der Waals surface area contributed by atoms with Crippen molar-refractivity contribution in [3.05, 3.63) is 71.3 Å². The van der Waals surface area contributed by atoms with Crippen LogP contribution in [0.2, 0.25) is 0 Å². The van der Waals surface area contributed by atoms with Gasteiger partial charge in [0.15, 0.2) is 23.8 Å². The Bertz CT molecular complexity index is 2280. The van der Waals surface area contributed by atoms with E-state index in [-0.39, 0.29) is 56.1 Å². The Morgan fingerprint density at radius 2 is 1.70 bits per heavy atom. The highest BCUT2D eigenvalue weighted by Crippen LogP contribution is 2.50. The van der Waals surface area contributed by atoms with E-state index >= 15 is 0 Å². The molecule has 2 fully saturated rings. The van der Waals surface area contributed by atoms with Gasteiger partial charge in [0.05, 0.1) is 19.5 Å². The van der Waals surface area contributed by atoms with E-state index in [1.807, 2.05) is 30.3 Å². The van der Waals surface area contributed by atoms with Crippen LogP contribution < -0.4 is 22.9 Å². The molecule has 334 valence electrons. The Morgan fingerprint density at radius 1 is 0.967 bits per heavy atom. The number of aromatic nitrogens is 6. The molecule has 2 aliphatic heterocycles. The van der Waals surface area contributed by atoms with Crippen LogP contribution in [0.5, 0.6) is 0 Å². The van der Waals surface area contributed by atoms with Gasteiger partial charge in [-0.05, 0) is 24.5 Å². The van der Waals surface area contributed by atoms with E-state index in [0.717, 1.165) is 16.5 Å². The highest BCUT2D eigenvalue weighted by Gasteiger charge is 2.50. The number of aliphatic hydroxyl groups is 1. The van der Waals surface area contributed by atoms with Crippen molar-refractivity contribution in [2.75, 3.05) is 24.7 Å². The first-order valence-corrected chi connectivity index (χ1v) is 21.3. The van der Waals surface area contributed by atoms with Gasteiger partial charge in [0.25, 0.3) is 0 Å². The molecule has 6 rings (SSSR count). The van der Waals surface area contributed by atoms with Gasteiger partial charge in [0, 0.05) is 19.0 Å². The smallest absolute Gasteiger partial charge is 0.461 e. The number of nitrogen functional groups attached to an aromatic ring is 2. The number of unbranched alkanes of at least 4 members (excludes halogenated alkanes) is 1. The molecular weight excluding hydrogens is 852 g/mol. The largest absolute Gasteiger partial charge is 0.472 e. The number of nitrogens with two attached hydrogens (primary N) is 3. The minimum atomic E-state index is -5.18. The first-order chi connectivity index (χ1) is 28.5. The normalized spacial score (nSPS) is 24.2. The second-order valence-electron chi connectivity index (χ2n) is 13.6. The van der Waals surface area contributed by atoms with Crippen LogP contribution in [0.25, 0.3) is 11.2 Å². The molecule has 3 aromatic heterocycles.